The Bertz CT molecular complexity index is 1590. The molecular formula is C28H19BrClN3O5. The number of fused-ring (bicyclic) bond motifs is 5. The minimum absolute atomic E-state index is 0.164. The van der Waals surface area contributed by atoms with E-state index < -0.39 is 40.7 Å². The van der Waals surface area contributed by atoms with Gasteiger partial charge in [0.15, 0.2) is 5.78 Å². The van der Waals surface area contributed by atoms with Gasteiger partial charge in [0.05, 0.1) is 28.5 Å². The molecule has 3 aromatic carbocycles. The Morgan fingerprint density at radius 1 is 0.974 bits per heavy atom. The average molecular weight is 593 g/mol. The number of imide groups is 1. The van der Waals surface area contributed by atoms with Gasteiger partial charge in [0.1, 0.15) is 6.04 Å². The van der Waals surface area contributed by atoms with E-state index in [1.165, 1.54) is 18.2 Å². The number of aryl methyl sites for hydroxylation is 1. The lowest BCUT2D eigenvalue weighted by Crippen LogP contribution is -2.49. The highest BCUT2D eigenvalue weighted by Crippen LogP contribution is 2.50. The molecule has 2 amide bonds. The number of halogens is 2. The van der Waals surface area contributed by atoms with Crippen molar-refractivity contribution in [2.24, 2.45) is 11.8 Å². The fourth-order valence-corrected chi connectivity index (χ4v) is 6.26. The second-order valence-electron chi connectivity index (χ2n) is 9.57. The number of nitro benzene ring substituents is 1. The summed E-state index contributed by atoms with van der Waals surface area (Å²) >= 11 is 9.61. The van der Waals surface area contributed by atoms with E-state index in [1.54, 1.807) is 49.4 Å². The number of carbonyl (C=O) groups excluding carboxylic acids is 3. The van der Waals surface area contributed by atoms with Gasteiger partial charge in [-0.15, -0.1) is 0 Å². The zero-order chi connectivity index (χ0) is 26.9. The molecule has 8 nitrogen and oxygen atoms in total. The molecule has 0 N–H and O–H groups in total. The van der Waals surface area contributed by atoms with Gasteiger partial charge in [-0.2, -0.15) is 0 Å². The van der Waals surface area contributed by atoms with Crippen LogP contribution in [0.4, 0.5) is 17.1 Å². The summed E-state index contributed by atoms with van der Waals surface area (Å²) in [5.74, 6) is -3.13. The largest absolute Gasteiger partial charge is 0.352 e. The Labute approximate surface area is 230 Å². The van der Waals surface area contributed by atoms with Crippen molar-refractivity contribution in [3.05, 3.63) is 103 Å². The van der Waals surface area contributed by atoms with E-state index in [2.05, 4.69) is 15.9 Å². The van der Waals surface area contributed by atoms with Gasteiger partial charge in [-0.1, -0.05) is 57.9 Å². The van der Waals surface area contributed by atoms with Crippen LogP contribution in [0.3, 0.4) is 0 Å². The van der Waals surface area contributed by atoms with E-state index in [0.29, 0.717) is 21.8 Å². The standard InChI is InChI=1S/C28H19BrClN3O5/c1-14-2-9-19(33(37)38)13-22(14)32-27(35)23-21-10-5-16-12-18(30)8-11-20(16)31(21)25(24(23)28(32)36)26(34)15-3-6-17(29)7-4-15/h2-13,21,23-25H,1H3. The van der Waals surface area contributed by atoms with Gasteiger partial charge in [-0.05, 0) is 48.4 Å². The van der Waals surface area contributed by atoms with Crippen molar-refractivity contribution in [2.45, 2.75) is 19.0 Å². The Morgan fingerprint density at radius 3 is 2.39 bits per heavy atom. The third kappa shape index (κ3) is 3.60. The van der Waals surface area contributed by atoms with Crippen molar-refractivity contribution in [1.29, 1.82) is 0 Å². The molecule has 3 aliphatic rings. The van der Waals surface area contributed by atoms with Crippen LogP contribution in [0.25, 0.3) is 6.08 Å². The number of benzene rings is 3. The molecule has 0 saturated carbocycles. The van der Waals surface area contributed by atoms with Crippen LogP contribution in [-0.4, -0.2) is 34.6 Å². The maximum atomic E-state index is 14.1. The number of anilines is 2. The summed E-state index contributed by atoms with van der Waals surface area (Å²) in [6.07, 6.45) is 3.69. The molecule has 190 valence electrons. The monoisotopic (exact) mass is 591 g/mol. The molecule has 0 aliphatic carbocycles. The molecule has 3 heterocycles. The second kappa shape index (κ2) is 8.89. The van der Waals surface area contributed by atoms with Crippen LogP contribution in [0.15, 0.2) is 71.2 Å². The Balaban J connectivity index is 1.50. The van der Waals surface area contributed by atoms with Crippen molar-refractivity contribution < 1.29 is 19.3 Å². The van der Waals surface area contributed by atoms with E-state index in [1.807, 2.05) is 17.1 Å². The molecule has 2 fully saturated rings. The summed E-state index contributed by atoms with van der Waals surface area (Å²) in [5.41, 5.74) is 2.39. The second-order valence-corrected chi connectivity index (χ2v) is 10.9. The number of hydrogen-bond acceptors (Lipinski definition) is 6. The molecular weight excluding hydrogens is 574 g/mol. The van der Waals surface area contributed by atoms with Crippen molar-refractivity contribution in [2.75, 3.05) is 9.80 Å². The van der Waals surface area contributed by atoms with Gasteiger partial charge >= 0.3 is 0 Å². The van der Waals surface area contributed by atoms with Crippen LogP contribution < -0.4 is 9.80 Å². The topological polar surface area (TPSA) is 101 Å². The summed E-state index contributed by atoms with van der Waals surface area (Å²) in [5, 5.41) is 12.0. The number of ketones is 1. The van der Waals surface area contributed by atoms with Gasteiger partial charge in [0.2, 0.25) is 11.8 Å². The number of hydrogen-bond donors (Lipinski definition) is 0. The maximum Gasteiger partial charge on any atom is 0.271 e. The Hall–Kier alpha value is -3.82. The number of non-ortho nitro benzene ring substituents is 1. The quantitative estimate of drug-likeness (QED) is 0.169. The summed E-state index contributed by atoms with van der Waals surface area (Å²) in [4.78, 5) is 55.8. The number of rotatable bonds is 4. The maximum absolute atomic E-state index is 14.1. The minimum Gasteiger partial charge on any atom is -0.352 e. The smallest absolute Gasteiger partial charge is 0.271 e. The van der Waals surface area contributed by atoms with E-state index in [9.17, 15) is 24.5 Å². The Morgan fingerprint density at radius 2 is 1.68 bits per heavy atom. The predicted molar refractivity (Wildman–Crippen MR) is 146 cm³/mol. The third-order valence-corrected chi connectivity index (χ3v) is 8.27. The van der Waals surface area contributed by atoms with Crippen molar-refractivity contribution in [1.82, 2.24) is 0 Å². The highest BCUT2D eigenvalue weighted by molar-refractivity contribution is 9.10. The van der Waals surface area contributed by atoms with Crippen LogP contribution in [0, 0.1) is 28.9 Å². The molecule has 0 bridgehead atoms. The number of nitro groups is 1. The summed E-state index contributed by atoms with van der Waals surface area (Å²) in [6, 6.07) is 14.7. The van der Waals surface area contributed by atoms with Crippen LogP contribution in [-0.2, 0) is 9.59 Å². The summed E-state index contributed by atoms with van der Waals surface area (Å²) < 4.78 is 0.802. The average Bonchev–Trinajstić information content (AvgIpc) is 3.36. The normalized spacial score (nSPS) is 23.3. The number of amides is 2. The minimum atomic E-state index is -0.978. The molecule has 4 unspecified atom stereocenters. The van der Waals surface area contributed by atoms with Crippen LogP contribution >= 0.6 is 27.5 Å². The fourth-order valence-electron chi connectivity index (χ4n) is 5.82. The lowest BCUT2D eigenvalue weighted by Gasteiger charge is -2.36. The molecule has 10 heteroatoms. The van der Waals surface area contributed by atoms with Crippen LogP contribution in [0.2, 0.25) is 5.02 Å². The highest BCUT2D eigenvalue weighted by atomic mass is 79.9. The van der Waals surface area contributed by atoms with Gasteiger partial charge in [0, 0.05) is 32.9 Å². The SMILES string of the molecule is Cc1ccc([N+](=O)[O-])cc1N1C(=O)C2C(C1=O)C(C(=O)c1ccc(Br)cc1)N1c3ccc(Cl)cc3C=CC21. The van der Waals surface area contributed by atoms with Crippen LogP contribution in [0.5, 0.6) is 0 Å². The van der Waals surface area contributed by atoms with Gasteiger partial charge in [-0.25, -0.2) is 4.90 Å². The van der Waals surface area contributed by atoms with E-state index in [-0.39, 0.29) is 17.2 Å². The first-order valence-electron chi connectivity index (χ1n) is 11.9. The highest BCUT2D eigenvalue weighted by Gasteiger charge is 2.64. The zero-order valence-corrected chi connectivity index (χ0v) is 22.2. The van der Waals surface area contributed by atoms with Gasteiger partial charge < -0.3 is 4.90 Å². The van der Waals surface area contributed by atoms with E-state index >= 15 is 0 Å². The molecule has 3 aromatic rings. The van der Waals surface area contributed by atoms with Crippen LogP contribution in [0.1, 0.15) is 21.5 Å². The zero-order valence-electron chi connectivity index (χ0n) is 19.9. The summed E-state index contributed by atoms with van der Waals surface area (Å²) in [7, 11) is 0. The van der Waals surface area contributed by atoms with Gasteiger partial charge in [-0.3, -0.25) is 24.5 Å². The first-order valence-corrected chi connectivity index (χ1v) is 13.0. The van der Waals surface area contributed by atoms with E-state index in [4.69, 9.17) is 11.6 Å². The van der Waals surface area contributed by atoms with Crippen molar-refractivity contribution in [3.8, 4) is 0 Å². The number of carbonyl (C=O) groups is 3. The first-order chi connectivity index (χ1) is 18.2. The summed E-state index contributed by atoms with van der Waals surface area (Å²) in [6.45, 7) is 1.69. The molecule has 38 heavy (non-hydrogen) atoms. The lowest BCUT2D eigenvalue weighted by atomic mass is 9.86. The molecule has 0 spiro atoms. The third-order valence-electron chi connectivity index (χ3n) is 7.51. The number of nitrogens with zero attached hydrogens (tertiary/aromatic N) is 3. The molecule has 4 atom stereocenters. The first kappa shape index (κ1) is 24.5. The fraction of sp³-hybridized carbons (Fsp3) is 0.179. The van der Waals surface area contributed by atoms with Crippen molar-refractivity contribution in [3.63, 3.8) is 0 Å². The lowest BCUT2D eigenvalue weighted by molar-refractivity contribution is -0.384. The number of Topliss-reactive ketones (excluding diaryl/α,β-unsaturated/α-hetero) is 1. The molecule has 2 saturated heterocycles. The van der Waals surface area contributed by atoms with Gasteiger partial charge in [0.25, 0.3) is 5.69 Å². The molecule has 3 aliphatic heterocycles. The van der Waals surface area contributed by atoms with Crippen molar-refractivity contribution >= 4 is 68.3 Å². The Kier molecular flexibility index (Phi) is 5.73. The predicted octanol–water partition coefficient (Wildman–Crippen LogP) is 5.59. The molecule has 0 radical (unpaired) electrons. The molecule has 0 aromatic heterocycles. The van der Waals surface area contributed by atoms with E-state index in [0.717, 1.165) is 14.9 Å². The molecule has 6 rings (SSSR count).